The Morgan fingerprint density at radius 1 is 1.73 bits per heavy atom. The van der Waals surface area contributed by atoms with E-state index in [1.165, 1.54) is 16.7 Å². The molecule has 1 aliphatic rings. The van der Waals surface area contributed by atoms with Crippen LogP contribution in [0.1, 0.15) is 23.3 Å². The van der Waals surface area contributed by atoms with Gasteiger partial charge in [-0.25, -0.2) is 9.78 Å². The van der Waals surface area contributed by atoms with Crippen LogP contribution in [0.2, 0.25) is 0 Å². The van der Waals surface area contributed by atoms with E-state index >= 15 is 0 Å². The highest BCUT2D eigenvalue weighted by Crippen LogP contribution is 2.19. The Morgan fingerprint density at radius 2 is 2.60 bits per heavy atom. The van der Waals surface area contributed by atoms with Crippen LogP contribution in [0.15, 0.2) is 5.38 Å². The fourth-order valence-corrected chi connectivity index (χ4v) is 2.23. The molecule has 6 heteroatoms. The Hall–Kier alpha value is -1.14. The average Bonchev–Trinajstić information content (AvgIpc) is 2.68. The maximum Gasteiger partial charge on any atom is 0.355 e. The van der Waals surface area contributed by atoms with E-state index in [1.807, 2.05) is 0 Å². The SMILES string of the molecule is O=C(O)c1csc(NC2CCCOC2)n1. The quantitative estimate of drug-likeness (QED) is 0.819. The zero-order valence-electron chi connectivity index (χ0n) is 8.10. The van der Waals surface area contributed by atoms with Gasteiger partial charge < -0.3 is 15.2 Å². The lowest BCUT2D eigenvalue weighted by molar-refractivity contribution is 0.0691. The van der Waals surface area contributed by atoms with Crippen molar-refractivity contribution in [2.24, 2.45) is 0 Å². The summed E-state index contributed by atoms with van der Waals surface area (Å²) in [5, 5.41) is 14.1. The molecule has 0 amide bonds. The predicted octanol–water partition coefficient (Wildman–Crippen LogP) is 1.43. The van der Waals surface area contributed by atoms with Crippen LogP contribution in [0.4, 0.5) is 5.13 Å². The third kappa shape index (κ3) is 2.66. The molecule has 1 fully saturated rings. The molecule has 1 aromatic heterocycles. The van der Waals surface area contributed by atoms with Crippen LogP contribution in [0, 0.1) is 0 Å². The third-order valence-corrected chi connectivity index (χ3v) is 2.98. The van der Waals surface area contributed by atoms with Gasteiger partial charge in [0, 0.05) is 12.0 Å². The second-order valence-corrected chi connectivity index (χ2v) is 4.26. The van der Waals surface area contributed by atoms with Gasteiger partial charge in [0.05, 0.1) is 12.6 Å². The molecule has 15 heavy (non-hydrogen) atoms. The number of aromatic carboxylic acids is 1. The first-order valence-electron chi connectivity index (χ1n) is 4.79. The van der Waals surface area contributed by atoms with Crippen molar-refractivity contribution < 1.29 is 14.6 Å². The molecule has 82 valence electrons. The second kappa shape index (κ2) is 4.59. The fourth-order valence-electron chi connectivity index (χ4n) is 1.47. The molecule has 1 saturated heterocycles. The molecule has 0 saturated carbocycles. The Morgan fingerprint density at radius 3 is 3.20 bits per heavy atom. The first-order chi connectivity index (χ1) is 7.25. The summed E-state index contributed by atoms with van der Waals surface area (Å²) in [6, 6.07) is 0.256. The molecule has 0 bridgehead atoms. The van der Waals surface area contributed by atoms with Gasteiger partial charge in [-0.05, 0) is 12.8 Å². The van der Waals surface area contributed by atoms with Crippen molar-refractivity contribution >= 4 is 22.4 Å². The summed E-state index contributed by atoms with van der Waals surface area (Å²) in [5.74, 6) is -0.987. The van der Waals surface area contributed by atoms with E-state index in [1.54, 1.807) is 0 Å². The number of carboxylic acids is 1. The van der Waals surface area contributed by atoms with Gasteiger partial charge in [0.15, 0.2) is 10.8 Å². The van der Waals surface area contributed by atoms with Gasteiger partial charge in [0.25, 0.3) is 0 Å². The van der Waals surface area contributed by atoms with Crippen LogP contribution in [0.5, 0.6) is 0 Å². The van der Waals surface area contributed by atoms with E-state index in [2.05, 4.69) is 10.3 Å². The number of carbonyl (C=O) groups is 1. The molecule has 5 nitrogen and oxygen atoms in total. The van der Waals surface area contributed by atoms with Crippen LogP contribution in [-0.4, -0.2) is 35.3 Å². The molecule has 2 heterocycles. The van der Waals surface area contributed by atoms with E-state index < -0.39 is 5.97 Å². The Balaban J connectivity index is 1.94. The van der Waals surface area contributed by atoms with Crippen molar-refractivity contribution in [3.8, 4) is 0 Å². The number of thiazole rings is 1. The number of nitrogens with one attached hydrogen (secondary N) is 1. The summed E-state index contributed by atoms with van der Waals surface area (Å²) >= 11 is 1.31. The van der Waals surface area contributed by atoms with Crippen molar-refractivity contribution in [1.82, 2.24) is 4.98 Å². The van der Waals surface area contributed by atoms with Gasteiger partial charge >= 0.3 is 5.97 Å². The van der Waals surface area contributed by atoms with E-state index in [0.717, 1.165) is 19.4 Å². The Labute approximate surface area is 91.1 Å². The second-order valence-electron chi connectivity index (χ2n) is 3.40. The molecule has 1 aromatic rings. The maximum atomic E-state index is 10.6. The van der Waals surface area contributed by atoms with E-state index in [-0.39, 0.29) is 11.7 Å². The average molecular weight is 228 g/mol. The van der Waals surface area contributed by atoms with E-state index in [4.69, 9.17) is 9.84 Å². The zero-order chi connectivity index (χ0) is 10.7. The minimum Gasteiger partial charge on any atom is -0.476 e. The van der Waals surface area contributed by atoms with Gasteiger partial charge in [0.1, 0.15) is 0 Å². The van der Waals surface area contributed by atoms with Crippen LogP contribution < -0.4 is 5.32 Å². The van der Waals surface area contributed by atoms with Gasteiger partial charge in [-0.2, -0.15) is 0 Å². The highest BCUT2D eigenvalue weighted by Gasteiger charge is 2.16. The Bertz CT molecular complexity index is 347. The highest BCUT2D eigenvalue weighted by molar-refractivity contribution is 7.13. The molecule has 1 unspecified atom stereocenters. The number of carboxylic acid groups (broad SMARTS) is 1. The van der Waals surface area contributed by atoms with E-state index in [9.17, 15) is 4.79 Å². The lowest BCUT2D eigenvalue weighted by Gasteiger charge is -2.22. The predicted molar refractivity (Wildman–Crippen MR) is 56.5 cm³/mol. The van der Waals surface area contributed by atoms with Crippen molar-refractivity contribution in [2.75, 3.05) is 18.5 Å². The van der Waals surface area contributed by atoms with Crippen LogP contribution >= 0.6 is 11.3 Å². The summed E-state index contributed by atoms with van der Waals surface area (Å²) in [4.78, 5) is 14.6. The molecule has 0 aliphatic carbocycles. The standard InChI is InChI=1S/C9H12N2O3S/c12-8(13)7-5-15-9(11-7)10-6-2-1-3-14-4-6/h5-6H,1-4H2,(H,10,11)(H,12,13). The number of aromatic nitrogens is 1. The third-order valence-electron chi connectivity index (χ3n) is 2.21. The lowest BCUT2D eigenvalue weighted by atomic mass is 10.1. The number of hydrogen-bond donors (Lipinski definition) is 2. The summed E-state index contributed by atoms with van der Waals surface area (Å²) < 4.78 is 5.31. The van der Waals surface area contributed by atoms with Crippen molar-refractivity contribution in [3.05, 3.63) is 11.1 Å². The van der Waals surface area contributed by atoms with Crippen molar-refractivity contribution in [3.63, 3.8) is 0 Å². The Kier molecular flexibility index (Phi) is 3.17. The van der Waals surface area contributed by atoms with Crippen LogP contribution in [0.3, 0.4) is 0 Å². The number of anilines is 1. The summed E-state index contributed by atoms with van der Waals surface area (Å²) in [5.41, 5.74) is 0.0965. The van der Waals surface area contributed by atoms with Gasteiger partial charge in [0.2, 0.25) is 0 Å². The van der Waals surface area contributed by atoms with E-state index in [0.29, 0.717) is 11.7 Å². The molecule has 0 radical (unpaired) electrons. The first-order valence-corrected chi connectivity index (χ1v) is 5.67. The minimum atomic E-state index is -0.987. The van der Waals surface area contributed by atoms with Gasteiger partial charge in [-0.3, -0.25) is 0 Å². The largest absolute Gasteiger partial charge is 0.476 e. The summed E-state index contributed by atoms with van der Waals surface area (Å²) in [6.45, 7) is 1.48. The molecule has 1 aliphatic heterocycles. The smallest absolute Gasteiger partial charge is 0.355 e. The topological polar surface area (TPSA) is 71.5 Å². The van der Waals surface area contributed by atoms with Crippen LogP contribution in [-0.2, 0) is 4.74 Å². The van der Waals surface area contributed by atoms with Gasteiger partial charge in [-0.1, -0.05) is 0 Å². The molecule has 1 atom stereocenters. The number of hydrogen-bond acceptors (Lipinski definition) is 5. The summed E-state index contributed by atoms with van der Waals surface area (Å²) in [7, 11) is 0. The van der Waals surface area contributed by atoms with Crippen molar-refractivity contribution in [1.29, 1.82) is 0 Å². The fraction of sp³-hybridized carbons (Fsp3) is 0.556. The monoisotopic (exact) mass is 228 g/mol. The summed E-state index contributed by atoms with van der Waals surface area (Å²) in [6.07, 6.45) is 2.08. The maximum absolute atomic E-state index is 10.6. The molecule has 2 N–H and O–H groups in total. The lowest BCUT2D eigenvalue weighted by Crippen LogP contribution is -2.29. The van der Waals surface area contributed by atoms with Crippen LogP contribution in [0.25, 0.3) is 0 Å². The number of rotatable bonds is 3. The molecule has 0 spiro atoms. The van der Waals surface area contributed by atoms with Crippen molar-refractivity contribution in [2.45, 2.75) is 18.9 Å². The number of nitrogens with zero attached hydrogens (tertiary/aromatic N) is 1. The zero-order valence-corrected chi connectivity index (χ0v) is 8.92. The first kappa shape index (κ1) is 10.4. The molecule has 2 rings (SSSR count). The van der Waals surface area contributed by atoms with Gasteiger partial charge in [-0.15, -0.1) is 11.3 Å². The molecular weight excluding hydrogens is 216 g/mol. The molecular formula is C9H12N2O3S. The normalized spacial score (nSPS) is 21.2. The highest BCUT2D eigenvalue weighted by atomic mass is 32.1. The minimum absolute atomic E-state index is 0.0965. The number of ether oxygens (including phenoxy) is 1. The molecule has 0 aromatic carbocycles.